The second kappa shape index (κ2) is 20.1. The molecule has 4 rings (SSSR count). The lowest BCUT2D eigenvalue weighted by Crippen LogP contribution is -2.31. The van der Waals surface area contributed by atoms with Crippen LogP contribution in [0.5, 0.6) is 0 Å². The molecule has 0 aromatic heterocycles. The molecule has 44 heavy (non-hydrogen) atoms. The summed E-state index contributed by atoms with van der Waals surface area (Å²) in [7, 11) is 0. The first-order valence-corrected chi connectivity index (χ1v) is 21.0. The molecule has 0 bridgehead atoms. The predicted molar refractivity (Wildman–Crippen MR) is 192 cm³/mol. The van der Waals surface area contributed by atoms with Crippen LogP contribution in [0.4, 0.5) is 0 Å². The number of hydrogen-bond donors (Lipinski definition) is 0. The van der Waals surface area contributed by atoms with E-state index in [0.29, 0.717) is 5.78 Å². The van der Waals surface area contributed by atoms with Crippen LogP contribution in [0.15, 0.2) is 0 Å². The number of rotatable bonds is 18. The third-order valence-corrected chi connectivity index (χ3v) is 14.3. The van der Waals surface area contributed by atoms with Crippen molar-refractivity contribution in [2.75, 3.05) is 0 Å². The van der Waals surface area contributed by atoms with E-state index in [9.17, 15) is 4.79 Å². The van der Waals surface area contributed by atoms with Crippen molar-refractivity contribution in [2.45, 2.75) is 207 Å². The highest BCUT2D eigenvalue weighted by Gasteiger charge is 2.36. The van der Waals surface area contributed by atoms with E-state index in [-0.39, 0.29) is 0 Å². The molecular weight excluding hydrogens is 532 g/mol. The van der Waals surface area contributed by atoms with E-state index in [1.54, 1.807) is 0 Å². The zero-order valence-electron chi connectivity index (χ0n) is 30.5. The Morgan fingerprint density at radius 2 is 0.818 bits per heavy atom. The molecule has 0 aromatic carbocycles. The minimum Gasteiger partial charge on any atom is -0.300 e. The zero-order chi connectivity index (χ0) is 31.1. The lowest BCUT2D eigenvalue weighted by Gasteiger charge is -2.42. The van der Waals surface area contributed by atoms with E-state index < -0.39 is 0 Å². The van der Waals surface area contributed by atoms with Crippen LogP contribution in [0.25, 0.3) is 0 Å². The Kier molecular flexibility index (Phi) is 16.7. The van der Waals surface area contributed by atoms with Crippen molar-refractivity contribution in [1.82, 2.24) is 0 Å². The molecule has 4 aliphatic carbocycles. The highest BCUT2D eigenvalue weighted by molar-refractivity contribution is 5.78. The van der Waals surface area contributed by atoms with E-state index in [4.69, 9.17) is 0 Å². The van der Waals surface area contributed by atoms with Gasteiger partial charge in [-0.3, -0.25) is 4.79 Å². The molecule has 0 spiro atoms. The quantitative estimate of drug-likeness (QED) is 0.141. The fourth-order valence-electron chi connectivity index (χ4n) is 11.5. The third kappa shape index (κ3) is 12.0. The minimum absolute atomic E-state index is 0.571. The van der Waals surface area contributed by atoms with Gasteiger partial charge in [-0.05, 0) is 123 Å². The maximum absolute atomic E-state index is 12.7. The van der Waals surface area contributed by atoms with Crippen molar-refractivity contribution in [3.8, 4) is 0 Å². The lowest BCUT2D eigenvalue weighted by atomic mass is 9.64. The van der Waals surface area contributed by atoms with Gasteiger partial charge in [-0.1, -0.05) is 130 Å². The van der Waals surface area contributed by atoms with Gasteiger partial charge in [0.15, 0.2) is 0 Å². The first-order chi connectivity index (χ1) is 21.5. The second-order valence-corrected chi connectivity index (χ2v) is 17.5. The summed E-state index contributed by atoms with van der Waals surface area (Å²) in [6.07, 6.45) is 39.0. The summed E-state index contributed by atoms with van der Waals surface area (Å²) < 4.78 is 0. The van der Waals surface area contributed by atoms with Crippen LogP contribution in [-0.4, -0.2) is 5.78 Å². The molecule has 6 atom stereocenters. The van der Waals surface area contributed by atoms with Crippen molar-refractivity contribution in [1.29, 1.82) is 0 Å². The van der Waals surface area contributed by atoms with Crippen molar-refractivity contribution < 1.29 is 4.79 Å². The maximum atomic E-state index is 12.7. The monoisotopic (exact) mass is 611 g/mol. The number of hydrogen-bond acceptors (Lipinski definition) is 1. The van der Waals surface area contributed by atoms with E-state index in [0.717, 1.165) is 84.9 Å². The molecule has 0 aromatic rings. The van der Waals surface area contributed by atoms with Crippen molar-refractivity contribution in [3.63, 3.8) is 0 Å². The third-order valence-electron chi connectivity index (χ3n) is 14.3. The molecule has 1 heteroatoms. The van der Waals surface area contributed by atoms with Crippen LogP contribution < -0.4 is 0 Å². The number of carbonyl (C=O) groups is 1. The van der Waals surface area contributed by atoms with Gasteiger partial charge in [-0.15, -0.1) is 0 Å². The molecule has 0 aliphatic heterocycles. The first kappa shape index (κ1) is 36.5. The van der Waals surface area contributed by atoms with Crippen LogP contribution in [0.1, 0.15) is 207 Å². The van der Waals surface area contributed by atoms with Crippen LogP contribution >= 0.6 is 0 Å². The number of ketones is 1. The van der Waals surface area contributed by atoms with Crippen LogP contribution in [0.3, 0.4) is 0 Å². The number of unbranched alkanes of at least 4 members (excludes halogenated alkanes) is 4. The number of carbonyl (C=O) groups excluding carboxylic acids is 1. The predicted octanol–water partition coefficient (Wildman–Crippen LogP) is 13.8. The smallest absolute Gasteiger partial charge is 0.132 e. The fourth-order valence-corrected chi connectivity index (χ4v) is 11.5. The highest BCUT2D eigenvalue weighted by Crippen LogP contribution is 2.47. The molecule has 4 aliphatic rings. The average Bonchev–Trinajstić information content (AvgIpc) is 3.02. The second-order valence-electron chi connectivity index (χ2n) is 17.5. The van der Waals surface area contributed by atoms with Gasteiger partial charge in [0.05, 0.1) is 0 Å². The Hall–Kier alpha value is -0.330. The SMILES string of the molecule is CCCCCC1CCC(C2CCC(CCCC(=O)CCCC3CCC(C4CCC(CCCCC)CC4C)CC3)CC2)C(C)C1. The lowest BCUT2D eigenvalue weighted by molar-refractivity contribution is -0.119. The minimum atomic E-state index is 0.571. The number of Topliss-reactive ketones (excluding diaryl/α,β-unsaturated/α-hetero) is 1. The van der Waals surface area contributed by atoms with Gasteiger partial charge in [-0.2, -0.15) is 0 Å². The van der Waals surface area contributed by atoms with Gasteiger partial charge in [0.2, 0.25) is 0 Å². The summed E-state index contributed by atoms with van der Waals surface area (Å²) in [6.45, 7) is 9.84. The van der Waals surface area contributed by atoms with Gasteiger partial charge >= 0.3 is 0 Å². The Labute approximate surface area is 276 Å². The van der Waals surface area contributed by atoms with Gasteiger partial charge in [-0.25, -0.2) is 0 Å². The topological polar surface area (TPSA) is 17.1 Å². The summed E-state index contributed by atoms with van der Waals surface area (Å²) in [5.74, 6) is 10.4. The summed E-state index contributed by atoms with van der Waals surface area (Å²) in [6, 6.07) is 0. The fraction of sp³-hybridized carbons (Fsp3) is 0.977. The summed E-state index contributed by atoms with van der Waals surface area (Å²) in [5, 5.41) is 0. The van der Waals surface area contributed by atoms with Gasteiger partial charge < -0.3 is 0 Å². The highest BCUT2D eigenvalue weighted by atomic mass is 16.1. The first-order valence-electron chi connectivity index (χ1n) is 21.0. The van der Waals surface area contributed by atoms with Crippen LogP contribution in [-0.2, 0) is 4.79 Å². The average molecular weight is 611 g/mol. The van der Waals surface area contributed by atoms with E-state index >= 15 is 0 Å². The van der Waals surface area contributed by atoms with Crippen molar-refractivity contribution in [2.24, 2.45) is 59.2 Å². The van der Waals surface area contributed by atoms with Crippen LogP contribution in [0, 0.1) is 59.2 Å². The normalized spacial score (nSPS) is 36.7. The molecule has 4 saturated carbocycles. The molecule has 6 unspecified atom stereocenters. The molecule has 1 nitrogen and oxygen atoms in total. The summed E-state index contributed by atoms with van der Waals surface area (Å²) >= 11 is 0. The van der Waals surface area contributed by atoms with E-state index in [2.05, 4.69) is 27.7 Å². The van der Waals surface area contributed by atoms with Crippen LogP contribution in [0.2, 0.25) is 0 Å². The van der Waals surface area contributed by atoms with E-state index in [1.165, 1.54) is 154 Å². The molecule has 256 valence electrons. The molecule has 0 saturated heterocycles. The molecule has 4 fully saturated rings. The van der Waals surface area contributed by atoms with Gasteiger partial charge in [0.1, 0.15) is 5.78 Å². The summed E-state index contributed by atoms with van der Waals surface area (Å²) in [4.78, 5) is 12.7. The Morgan fingerprint density at radius 1 is 0.455 bits per heavy atom. The Balaban J connectivity index is 0.999. The standard InChI is InChI=1S/C43H78O/c1-5-7-9-13-37-23-29-42(33(3)31-37)39-25-19-35(20-26-39)15-11-17-41(44)18-12-16-36-21-27-40(28-22-36)43-30-24-38(32-34(43)4)14-10-8-6-2/h33-40,42-43H,5-32H2,1-4H3. The molecule has 0 heterocycles. The van der Waals surface area contributed by atoms with Crippen molar-refractivity contribution >= 4 is 5.78 Å². The molecule has 0 N–H and O–H groups in total. The zero-order valence-corrected chi connectivity index (χ0v) is 30.5. The van der Waals surface area contributed by atoms with Gasteiger partial charge in [0, 0.05) is 12.8 Å². The molecular formula is C43H78O. The van der Waals surface area contributed by atoms with Gasteiger partial charge in [0.25, 0.3) is 0 Å². The maximum Gasteiger partial charge on any atom is 0.132 e. The van der Waals surface area contributed by atoms with Crippen molar-refractivity contribution in [3.05, 3.63) is 0 Å². The Bertz CT molecular complexity index is 693. The molecule has 0 amide bonds. The Morgan fingerprint density at radius 3 is 1.18 bits per heavy atom. The largest absolute Gasteiger partial charge is 0.300 e. The molecule has 0 radical (unpaired) electrons. The van der Waals surface area contributed by atoms with E-state index in [1.807, 2.05) is 0 Å². The summed E-state index contributed by atoms with van der Waals surface area (Å²) in [5.41, 5.74) is 0.